The molecule has 0 heterocycles. The van der Waals surface area contributed by atoms with Gasteiger partial charge in [0.25, 0.3) is 10.0 Å². The lowest BCUT2D eigenvalue weighted by Crippen LogP contribution is -2.34. The highest BCUT2D eigenvalue weighted by molar-refractivity contribution is 8.02. The summed E-state index contributed by atoms with van der Waals surface area (Å²) < 4.78 is 74.3. The minimum atomic E-state index is -5.20. The van der Waals surface area contributed by atoms with Crippen LogP contribution in [0.5, 0.6) is 0 Å². The first-order chi connectivity index (χ1) is 18.5. The molecule has 12 heteroatoms. The predicted octanol–water partition coefficient (Wildman–Crippen LogP) is 7.26. The highest BCUT2D eigenvalue weighted by Gasteiger charge is 2.40. The maximum Gasteiger partial charge on any atom is 0.486 e. The van der Waals surface area contributed by atoms with E-state index in [1.54, 1.807) is 0 Å². The molecule has 3 rings (SSSR count). The molecule has 2 atom stereocenters. The molecule has 212 valence electrons. The van der Waals surface area contributed by atoms with E-state index in [2.05, 4.69) is 29.8 Å². The fourth-order valence-electron chi connectivity index (χ4n) is 3.85. The van der Waals surface area contributed by atoms with Crippen molar-refractivity contribution in [3.05, 3.63) is 72.8 Å². The second kappa shape index (κ2) is 13.8. The Kier molecular flexibility index (Phi) is 10.8. The largest absolute Gasteiger partial charge is 0.486 e. The molecule has 7 nitrogen and oxygen atoms in total. The lowest BCUT2D eigenvalue weighted by molar-refractivity contribution is -0.0389. The van der Waals surface area contributed by atoms with Gasteiger partial charge in [-0.05, 0) is 66.9 Å². The molecule has 0 bridgehead atoms. The van der Waals surface area contributed by atoms with Crippen molar-refractivity contribution in [3.63, 3.8) is 0 Å². The molecule has 0 saturated heterocycles. The Balaban J connectivity index is 1.80. The summed E-state index contributed by atoms with van der Waals surface area (Å²) in [5.74, 6) is 0.543. The first kappa shape index (κ1) is 30.5. The van der Waals surface area contributed by atoms with Gasteiger partial charge < -0.3 is 16.0 Å². The minimum Gasteiger partial charge on any atom is -0.385 e. The van der Waals surface area contributed by atoms with E-state index in [-0.39, 0.29) is 0 Å². The van der Waals surface area contributed by atoms with Gasteiger partial charge in [0.05, 0.1) is 4.90 Å². The smallest absolute Gasteiger partial charge is 0.385 e. The molecule has 0 spiro atoms. The van der Waals surface area contributed by atoms with E-state index < -0.39 is 31.4 Å². The van der Waals surface area contributed by atoms with E-state index >= 15 is 0 Å². The zero-order chi connectivity index (χ0) is 28.5. The second-order valence-corrected chi connectivity index (χ2v) is 12.2. The Bertz CT molecular complexity index is 1340. The van der Waals surface area contributed by atoms with Crippen molar-refractivity contribution in [2.24, 2.45) is 5.92 Å². The second-order valence-electron chi connectivity index (χ2n) is 9.04. The first-order valence-electron chi connectivity index (χ1n) is 12.6. The zero-order valence-corrected chi connectivity index (χ0v) is 23.3. The van der Waals surface area contributed by atoms with Gasteiger partial charge in [0.2, 0.25) is 11.0 Å². The summed E-state index contributed by atoms with van der Waals surface area (Å²) in [6.45, 7) is 5.19. The fraction of sp³-hybridized carbons (Fsp3) is 0.333. The van der Waals surface area contributed by atoms with Crippen LogP contribution in [0.15, 0.2) is 77.7 Å². The standard InChI is InChI=1S/C27H33F3N4O3S2/c1-3-5-9-20(4-2)19-31-23-16-24(32-21-10-7-6-8-11-21)18-25(17-23)33-22-12-14-26(15-13-22)39(36,37)34-38(35)27(28,29)30/h6-8,10-18,20,31-34H,3-5,9,19H2,1-2H3. The Morgan fingerprint density at radius 1 is 0.821 bits per heavy atom. The molecule has 0 saturated carbocycles. The molecule has 0 aliphatic rings. The first-order valence-corrected chi connectivity index (χ1v) is 15.2. The number of unbranched alkanes of at least 4 members (excludes halogenated alkanes) is 1. The normalized spacial score (nSPS) is 13.5. The van der Waals surface area contributed by atoms with Gasteiger partial charge >= 0.3 is 5.51 Å². The van der Waals surface area contributed by atoms with Crippen molar-refractivity contribution in [3.8, 4) is 0 Å². The van der Waals surface area contributed by atoms with Gasteiger partial charge in [0.1, 0.15) is 0 Å². The SMILES string of the molecule is CCCCC(CC)CNc1cc(Nc2ccccc2)cc(Nc2ccc(S(=O)(=O)NS(=O)C(F)(F)F)cc2)c1. The number of rotatable bonds is 14. The number of alkyl halides is 3. The highest BCUT2D eigenvalue weighted by Crippen LogP contribution is 2.29. The van der Waals surface area contributed by atoms with Crippen LogP contribution in [-0.2, 0) is 21.0 Å². The molecule has 3 aromatic carbocycles. The Labute approximate surface area is 230 Å². The van der Waals surface area contributed by atoms with E-state index in [1.807, 2.05) is 48.5 Å². The van der Waals surface area contributed by atoms with Crippen LogP contribution < -0.4 is 20.1 Å². The molecule has 0 aromatic heterocycles. The number of benzene rings is 3. The number of para-hydroxylation sites is 1. The molecule has 0 radical (unpaired) electrons. The summed E-state index contributed by atoms with van der Waals surface area (Å²) >= 11 is 0. The van der Waals surface area contributed by atoms with Crippen LogP contribution in [0.4, 0.5) is 41.6 Å². The fourth-order valence-corrected chi connectivity index (χ4v) is 5.90. The van der Waals surface area contributed by atoms with Gasteiger partial charge in [-0.1, -0.05) is 51.3 Å². The Morgan fingerprint density at radius 3 is 1.92 bits per heavy atom. The van der Waals surface area contributed by atoms with Gasteiger partial charge in [-0.15, -0.1) is 4.13 Å². The maximum absolute atomic E-state index is 12.5. The quantitative estimate of drug-likeness (QED) is 0.160. The molecule has 39 heavy (non-hydrogen) atoms. The van der Waals surface area contributed by atoms with Gasteiger partial charge in [0, 0.05) is 35.0 Å². The molecule has 0 fully saturated rings. The van der Waals surface area contributed by atoms with Crippen molar-refractivity contribution in [2.75, 3.05) is 22.5 Å². The highest BCUT2D eigenvalue weighted by atomic mass is 32.3. The lowest BCUT2D eigenvalue weighted by atomic mass is 9.99. The topological polar surface area (TPSA) is 99.3 Å². The molecule has 0 amide bonds. The molecular formula is C27H33F3N4O3S2. The average molecular weight is 583 g/mol. The monoisotopic (exact) mass is 582 g/mol. The summed E-state index contributed by atoms with van der Waals surface area (Å²) in [7, 11) is -8.37. The average Bonchev–Trinajstić information content (AvgIpc) is 2.89. The van der Waals surface area contributed by atoms with Gasteiger partial charge in [-0.25, -0.2) is 12.6 Å². The van der Waals surface area contributed by atoms with Crippen LogP contribution in [0, 0.1) is 5.92 Å². The van der Waals surface area contributed by atoms with Crippen molar-refractivity contribution in [1.82, 2.24) is 4.13 Å². The van der Waals surface area contributed by atoms with Gasteiger partial charge in [0.15, 0.2) is 0 Å². The summed E-state index contributed by atoms with van der Waals surface area (Å²) in [6.07, 6.45) is 4.54. The number of hydrogen-bond acceptors (Lipinski definition) is 6. The van der Waals surface area contributed by atoms with Crippen LogP contribution in [0.1, 0.15) is 39.5 Å². The number of hydrogen-bond donors (Lipinski definition) is 4. The van der Waals surface area contributed by atoms with Gasteiger partial charge in [-0.3, -0.25) is 0 Å². The number of anilines is 5. The molecule has 3 aromatic rings. The predicted molar refractivity (Wildman–Crippen MR) is 152 cm³/mol. The lowest BCUT2D eigenvalue weighted by Gasteiger charge is -2.18. The van der Waals surface area contributed by atoms with E-state index in [0.717, 1.165) is 59.1 Å². The summed E-state index contributed by atoms with van der Waals surface area (Å²) in [6, 6.07) is 20.6. The summed E-state index contributed by atoms with van der Waals surface area (Å²) in [5.41, 5.74) is -1.34. The van der Waals surface area contributed by atoms with Crippen molar-refractivity contribution < 1.29 is 25.8 Å². The van der Waals surface area contributed by atoms with E-state index in [0.29, 0.717) is 17.3 Å². The van der Waals surface area contributed by atoms with E-state index in [1.165, 1.54) is 18.6 Å². The van der Waals surface area contributed by atoms with Crippen LogP contribution in [0.25, 0.3) is 0 Å². The number of sulfonamides is 1. The molecule has 4 N–H and O–H groups in total. The third kappa shape index (κ3) is 9.55. The van der Waals surface area contributed by atoms with Crippen LogP contribution in [-0.4, -0.2) is 24.7 Å². The zero-order valence-electron chi connectivity index (χ0n) is 21.7. The van der Waals surface area contributed by atoms with Crippen molar-refractivity contribution in [1.29, 1.82) is 0 Å². The number of nitrogens with one attached hydrogen (secondary N) is 4. The molecular weight excluding hydrogens is 549 g/mol. The minimum absolute atomic E-state index is 0.440. The summed E-state index contributed by atoms with van der Waals surface area (Å²) in [5, 5.41) is 10.1. The molecule has 0 aliphatic carbocycles. The van der Waals surface area contributed by atoms with Crippen molar-refractivity contribution in [2.45, 2.75) is 49.9 Å². The van der Waals surface area contributed by atoms with Crippen LogP contribution in [0.2, 0.25) is 0 Å². The Morgan fingerprint density at radius 2 is 1.38 bits per heavy atom. The van der Waals surface area contributed by atoms with Crippen LogP contribution >= 0.6 is 0 Å². The molecule has 2 unspecified atom stereocenters. The third-order valence-corrected chi connectivity index (χ3v) is 8.78. The van der Waals surface area contributed by atoms with Crippen molar-refractivity contribution >= 4 is 49.4 Å². The maximum atomic E-state index is 12.5. The van der Waals surface area contributed by atoms with Gasteiger partial charge in [-0.2, -0.15) is 13.2 Å². The van der Waals surface area contributed by atoms with E-state index in [9.17, 15) is 25.8 Å². The van der Waals surface area contributed by atoms with Crippen LogP contribution in [0.3, 0.4) is 0 Å². The third-order valence-electron chi connectivity index (χ3n) is 5.98. The summed E-state index contributed by atoms with van der Waals surface area (Å²) in [4.78, 5) is -0.440. The Hall–Kier alpha value is -3.09. The number of halogens is 3. The molecule has 0 aliphatic heterocycles. The van der Waals surface area contributed by atoms with E-state index in [4.69, 9.17) is 0 Å².